The van der Waals surface area contributed by atoms with E-state index in [1.54, 1.807) is 20.8 Å². The number of thioether (sulfide) groups is 1. The SMILES string of the molecule is CCN(CC(=O)NC(C)C)C(=O)CSc1ccc(C(F)(F)F)cc1[N+](=O)[O-]. The zero-order valence-corrected chi connectivity index (χ0v) is 15.8. The number of carbonyl (C=O) groups is 2. The van der Waals surface area contributed by atoms with Gasteiger partial charge in [-0.05, 0) is 32.9 Å². The minimum absolute atomic E-state index is 0.0518. The summed E-state index contributed by atoms with van der Waals surface area (Å²) in [6, 6.07) is 2.06. The lowest BCUT2D eigenvalue weighted by molar-refractivity contribution is -0.388. The van der Waals surface area contributed by atoms with Gasteiger partial charge in [-0.25, -0.2) is 0 Å². The van der Waals surface area contributed by atoms with Crippen molar-refractivity contribution in [1.29, 1.82) is 0 Å². The van der Waals surface area contributed by atoms with Crippen LogP contribution in [0.25, 0.3) is 0 Å². The summed E-state index contributed by atoms with van der Waals surface area (Å²) in [7, 11) is 0. The molecule has 0 radical (unpaired) electrons. The molecule has 0 aliphatic rings. The van der Waals surface area contributed by atoms with Crippen LogP contribution < -0.4 is 5.32 Å². The van der Waals surface area contributed by atoms with Crippen molar-refractivity contribution in [3.05, 3.63) is 33.9 Å². The summed E-state index contributed by atoms with van der Waals surface area (Å²) in [6.07, 6.45) is -4.70. The molecular formula is C16H20F3N3O4S. The van der Waals surface area contributed by atoms with Gasteiger partial charge >= 0.3 is 6.18 Å². The Balaban J connectivity index is 2.85. The number of nitro groups is 1. The third-order valence-electron chi connectivity index (χ3n) is 3.35. The van der Waals surface area contributed by atoms with Crippen LogP contribution in [-0.2, 0) is 15.8 Å². The first-order valence-electron chi connectivity index (χ1n) is 8.01. The standard InChI is InChI=1S/C16H20F3N3O4S/c1-4-21(8-14(23)20-10(2)3)15(24)9-27-13-6-5-11(16(17,18)19)7-12(13)22(25)26/h5-7,10H,4,8-9H2,1-3H3,(H,20,23). The molecule has 1 rings (SSSR count). The van der Waals surface area contributed by atoms with E-state index in [0.29, 0.717) is 6.07 Å². The highest BCUT2D eigenvalue weighted by molar-refractivity contribution is 8.00. The van der Waals surface area contributed by atoms with Gasteiger partial charge in [0.15, 0.2) is 0 Å². The molecule has 0 aromatic heterocycles. The second kappa shape index (κ2) is 9.58. The smallest absolute Gasteiger partial charge is 0.352 e. The number of hydrogen-bond donors (Lipinski definition) is 1. The third-order valence-corrected chi connectivity index (χ3v) is 4.40. The number of amides is 2. The highest BCUT2D eigenvalue weighted by Gasteiger charge is 2.33. The molecule has 27 heavy (non-hydrogen) atoms. The van der Waals surface area contributed by atoms with Crippen LogP contribution >= 0.6 is 11.8 Å². The summed E-state index contributed by atoms with van der Waals surface area (Å²) in [6.45, 7) is 5.31. The number of carbonyl (C=O) groups excluding carboxylic acids is 2. The van der Waals surface area contributed by atoms with Crippen LogP contribution in [-0.4, -0.2) is 46.5 Å². The fourth-order valence-corrected chi connectivity index (χ4v) is 3.01. The minimum Gasteiger partial charge on any atom is -0.352 e. The molecule has 11 heteroatoms. The maximum absolute atomic E-state index is 12.7. The Kier molecular flexibility index (Phi) is 8.07. The van der Waals surface area contributed by atoms with Crippen molar-refractivity contribution in [2.45, 2.75) is 37.9 Å². The highest BCUT2D eigenvalue weighted by Crippen LogP contribution is 2.36. The summed E-state index contributed by atoms with van der Waals surface area (Å²) in [4.78, 5) is 35.4. The molecule has 2 amide bonds. The molecule has 0 saturated heterocycles. The van der Waals surface area contributed by atoms with Gasteiger partial charge in [0.05, 0.1) is 27.7 Å². The predicted octanol–water partition coefficient (Wildman–Crippen LogP) is 3.08. The van der Waals surface area contributed by atoms with E-state index >= 15 is 0 Å². The van der Waals surface area contributed by atoms with E-state index < -0.39 is 28.3 Å². The first kappa shape index (κ1) is 22.7. The molecule has 0 atom stereocenters. The quantitative estimate of drug-likeness (QED) is 0.406. The van der Waals surface area contributed by atoms with E-state index in [9.17, 15) is 32.9 Å². The van der Waals surface area contributed by atoms with E-state index in [1.807, 2.05) is 0 Å². The normalized spacial score (nSPS) is 11.4. The lowest BCUT2D eigenvalue weighted by atomic mass is 10.2. The van der Waals surface area contributed by atoms with Crippen LogP contribution in [0.5, 0.6) is 0 Å². The highest BCUT2D eigenvalue weighted by atomic mass is 32.2. The van der Waals surface area contributed by atoms with Gasteiger partial charge in [0.2, 0.25) is 11.8 Å². The zero-order chi connectivity index (χ0) is 20.8. The van der Waals surface area contributed by atoms with Crippen LogP contribution in [0.4, 0.5) is 18.9 Å². The number of benzene rings is 1. The monoisotopic (exact) mass is 407 g/mol. The molecule has 0 saturated carbocycles. The van der Waals surface area contributed by atoms with Gasteiger partial charge < -0.3 is 10.2 Å². The summed E-state index contributed by atoms with van der Waals surface area (Å²) in [5.41, 5.74) is -1.85. The van der Waals surface area contributed by atoms with E-state index in [1.165, 1.54) is 4.90 Å². The van der Waals surface area contributed by atoms with Crippen LogP contribution in [0.3, 0.4) is 0 Å². The van der Waals surface area contributed by atoms with Crippen LogP contribution in [0, 0.1) is 10.1 Å². The van der Waals surface area contributed by atoms with E-state index in [0.717, 1.165) is 23.9 Å². The lowest BCUT2D eigenvalue weighted by Gasteiger charge is -2.21. The largest absolute Gasteiger partial charge is 0.416 e. The topological polar surface area (TPSA) is 92.6 Å². The average molecular weight is 407 g/mol. The van der Waals surface area contributed by atoms with Gasteiger partial charge in [0.1, 0.15) is 0 Å². The van der Waals surface area contributed by atoms with Crippen molar-refractivity contribution in [3.63, 3.8) is 0 Å². The molecule has 0 unspecified atom stereocenters. The molecule has 0 spiro atoms. The van der Waals surface area contributed by atoms with E-state index in [-0.39, 0.29) is 35.7 Å². The number of hydrogen-bond acceptors (Lipinski definition) is 5. The Morgan fingerprint density at radius 2 is 1.96 bits per heavy atom. The molecule has 7 nitrogen and oxygen atoms in total. The molecule has 0 aliphatic heterocycles. The van der Waals surface area contributed by atoms with Gasteiger partial charge in [-0.2, -0.15) is 13.2 Å². The van der Waals surface area contributed by atoms with Gasteiger partial charge in [-0.1, -0.05) is 0 Å². The Hall–Kier alpha value is -2.30. The molecular weight excluding hydrogens is 387 g/mol. The van der Waals surface area contributed by atoms with Gasteiger partial charge in [0, 0.05) is 18.7 Å². The molecule has 1 N–H and O–H groups in total. The number of rotatable bonds is 8. The van der Waals surface area contributed by atoms with Crippen molar-refractivity contribution >= 4 is 29.3 Å². The van der Waals surface area contributed by atoms with Crippen molar-refractivity contribution in [3.8, 4) is 0 Å². The van der Waals surface area contributed by atoms with Gasteiger partial charge in [-0.3, -0.25) is 19.7 Å². The Bertz CT molecular complexity index is 711. The Labute approximate surface area is 158 Å². The Morgan fingerprint density at radius 3 is 2.44 bits per heavy atom. The van der Waals surface area contributed by atoms with E-state index in [4.69, 9.17) is 0 Å². The molecule has 0 fully saturated rings. The maximum Gasteiger partial charge on any atom is 0.416 e. The van der Waals surface area contributed by atoms with Crippen molar-refractivity contribution in [2.75, 3.05) is 18.8 Å². The summed E-state index contributed by atoms with van der Waals surface area (Å²) >= 11 is 0.756. The van der Waals surface area contributed by atoms with Crippen molar-refractivity contribution < 1.29 is 27.7 Å². The van der Waals surface area contributed by atoms with Gasteiger partial charge in [0.25, 0.3) is 5.69 Å². The first-order valence-corrected chi connectivity index (χ1v) is 8.99. The summed E-state index contributed by atoms with van der Waals surface area (Å²) in [5, 5.41) is 13.7. The summed E-state index contributed by atoms with van der Waals surface area (Å²) in [5.74, 6) is -1.03. The number of likely N-dealkylation sites (N-methyl/N-ethyl adjacent to an activating group) is 1. The van der Waals surface area contributed by atoms with E-state index in [2.05, 4.69) is 5.32 Å². The number of nitrogens with one attached hydrogen (secondary N) is 1. The van der Waals surface area contributed by atoms with Crippen LogP contribution in [0.1, 0.15) is 26.3 Å². The fraction of sp³-hybridized carbons (Fsp3) is 0.500. The lowest BCUT2D eigenvalue weighted by Crippen LogP contribution is -2.43. The minimum atomic E-state index is -4.70. The number of halogens is 3. The molecule has 0 bridgehead atoms. The molecule has 0 aliphatic carbocycles. The zero-order valence-electron chi connectivity index (χ0n) is 15.0. The molecule has 1 aromatic carbocycles. The second-order valence-corrected chi connectivity index (χ2v) is 6.87. The number of nitro benzene ring substituents is 1. The number of nitrogens with zero attached hydrogens (tertiary/aromatic N) is 2. The molecule has 150 valence electrons. The third kappa shape index (κ3) is 7.08. The van der Waals surface area contributed by atoms with Crippen LogP contribution in [0.2, 0.25) is 0 Å². The predicted molar refractivity (Wildman–Crippen MR) is 94.4 cm³/mol. The maximum atomic E-state index is 12.7. The Morgan fingerprint density at radius 1 is 1.33 bits per heavy atom. The van der Waals surface area contributed by atoms with Crippen molar-refractivity contribution in [2.24, 2.45) is 0 Å². The van der Waals surface area contributed by atoms with Gasteiger partial charge in [-0.15, -0.1) is 11.8 Å². The summed E-state index contributed by atoms with van der Waals surface area (Å²) < 4.78 is 38.1. The molecule has 0 heterocycles. The first-order chi connectivity index (χ1) is 12.5. The van der Waals surface area contributed by atoms with Crippen molar-refractivity contribution in [1.82, 2.24) is 10.2 Å². The molecule has 1 aromatic rings. The fourth-order valence-electron chi connectivity index (χ4n) is 2.11. The number of alkyl halides is 3. The van der Waals surface area contributed by atoms with Crippen LogP contribution in [0.15, 0.2) is 23.1 Å². The average Bonchev–Trinajstić information content (AvgIpc) is 2.55. The second-order valence-electron chi connectivity index (χ2n) is 5.86.